The van der Waals surface area contributed by atoms with Gasteiger partial charge >= 0.3 is 29.6 Å². The molecule has 0 saturated carbocycles. The first kappa shape index (κ1) is 31.9. The number of nitrogens with zero attached hydrogens (tertiary/aromatic N) is 4. The molecule has 3 N–H and O–H groups in total. The average molecular weight is 632 g/mol. The molecule has 11 nitrogen and oxygen atoms in total. The summed E-state index contributed by atoms with van der Waals surface area (Å²) in [5.74, 6) is -0.0114. The van der Waals surface area contributed by atoms with E-state index in [0.29, 0.717) is 40.1 Å². The van der Waals surface area contributed by atoms with Crippen LogP contribution >= 0.6 is 0 Å². The number of pyridine rings is 1. The quantitative estimate of drug-likeness (QED) is 0.0533. The van der Waals surface area contributed by atoms with Crippen LogP contribution in [0.15, 0.2) is 112 Å². The number of fused-ring (bicyclic) bond motifs is 2. The van der Waals surface area contributed by atoms with Gasteiger partial charge in [-0.2, -0.15) is 8.42 Å². The summed E-state index contributed by atoms with van der Waals surface area (Å²) >= 11 is 0. The molecule has 13 heteroatoms. The predicted molar refractivity (Wildman–Crippen MR) is 171 cm³/mol. The Balaban J connectivity index is 0.00000400. The van der Waals surface area contributed by atoms with Gasteiger partial charge in [-0.25, -0.2) is 0 Å². The molecule has 2 heterocycles. The number of rotatable bonds is 9. The molecule has 1 aromatic heterocycles. The number of nitrogens with two attached hydrogens (primary N) is 1. The van der Waals surface area contributed by atoms with E-state index in [1.165, 1.54) is 17.2 Å². The Morgan fingerprint density at radius 1 is 0.822 bits per heavy atom. The molecule has 0 aliphatic carbocycles. The summed E-state index contributed by atoms with van der Waals surface area (Å²) in [6, 6.07) is 25.3. The molecule has 1 aliphatic rings. The second kappa shape index (κ2) is 13.3. The van der Waals surface area contributed by atoms with Crippen molar-refractivity contribution in [2.45, 2.75) is 11.3 Å². The summed E-state index contributed by atoms with van der Waals surface area (Å²) < 4.78 is 39.7. The summed E-state index contributed by atoms with van der Waals surface area (Å²) in [6.07, 6.45) is 1.95. The third-order valence-electron chi connectivity index (χ3n) is 7.15. The monoisotopic (exact) mass is 631 g/mol. The summed E-state index contributed by atoms with van der Waals surface area (Å²) in [4.78, 5) is 30.6. The van der Waals surface area contributed by atoms with Crippen LogP contribution in [0, 0.1) is 0 Å². The number of hydrogen-bond acceptors (Lipinski definition) is 9. The van der Waals surface area contributed by atoms with E-state index in [1.54, 1.807) is 60.7 Å². The fourth-order valence-corrected chi connectivity index (χ4v) is 5.73. The van der Waals surface area contributed by atoms with Crippen LogP contribution in [0.3, 0.4) is 0 Å². The number of nitrogen functional groups attached to an aromatic ring is 1. The number of azo groups is 1. The Bertz CT molecular complexity index is 2030. The van der Waals surface area contributed by atoms with Crippen LogP contribution in [0.2, 0.25) is 0 Å². The van der Waals surface area contributed by atoms with Gasteiger partial charge in [0.2, 0.25) is 0 Å². The topological polar surface area (TPSA) is 165 Å². The van der Waals surface area contributed by atoms with E-state index in [0.717, 1.165) is 5.56 Å². The Hall–Kier alpha value is -4.46. The van der Waals surface area contributed by atoms with Crippen LogP contribution in [0.5, 0.6) is 5.75 Å². The van der Waals surface area contributed by atoms with Crippen LogP contribution in [-0.4, -0.2) is 77.4 Å². The van der Waals surface area contributed by atoms with E-state index in [1.807, 2.05) is 24.3 Å². The number of anilines is 1. The first-order valence-electron chi connectivity index (χ1n) is 13.6. The fraction of sp³-hybridized carbons (Fsp3) is 0.0938. The van der Waals surface area contributed by atoms with Gasteiger partial charge in [-0.15, -0.1) is 10.2 Å². The van der Waals surface area contributed by atoms with Gasteiger partial charge in [0.05, 0.1) is 35.3 Å². The second-order valence-electron chi connectivity index (χ2n) is 9.94. The fourth-order valence-electron chi connectivity index (χ4n) is 5.01. The first-order valence-corrected chi connectivity index (χ1v) is 15.0. The average Bonchev–Trinajstić information content (AvgIpc) is 3.27. The standard InChI is InChI=1S/C32H25N5O6S.Na.H/c33-30-22-9-2-1-8-21(22)29(44(40,41)42)18-27(30)36-35-20-14-15-26(34-19-20)25-12-5-6-13-28(25)43-17-7-16-37-31(38)23-10-3-4-11-24(23)32(37)39;;/h1-6,8-15,18-19H,7,16-17,33H2,(H,40,41,42);;/b36-35+;;. The zero-order valence-electron chi connectivity index (χ0n) is 23.1. The number of carbonyl (C=O) groups is 2. The number of aromatic nitrogens is 1. The van der Waals surface area contributed by atoms with Crippen molar-refractivity contribution in [2.24, 2.45) is 10.2 Å². The molecule has 0 spiro atoms. The molecule has 0 radical (unpaired) electrons. The van der Waals surface area contributed by atoms with Crippen molar-refractivity contribution in [1.29, 1.82) is 0 Å². The second-order valence-corrected chi connectivity index (χ2v) is 11.3. The van der Waals surface area contributed by atoms with Crippen molar-refractivity contribution in [3.63, 3.8) is 0 Å². The maximum atomic E-state index is 12.6. The zero-order valence-corrected chi connectivity index (χ0v) is 23.9. The van der Waals surface area contributed by atoms with Gasteiger partial charge in [0, 0.05) is 22.9 Å². The molecule has 1 aliphatic heterocycles. The van der Waals surface area contributed by atoms with Crippen LogP contribution < -0.4 is 10.5 Å². The number of hydrogen-bond donors (Lipinski definition) is 2. The van der Waals surface area contributed by atoms with Gasteiger partial charge in [0.25, 0.3) is 21.9 Å². The minimum absolute atomic E-state index is 0. The molecule has 0 atom stereocenters. The van der Waals surface area contributed by atoms with E-state index in [4.69, 9.17) is 10.5 Å². The molecule has 5 aromatic rings. The van der Waals surface area contributed by atoms with E-state index < -0.39 is 10.1 Å². The Morgan fingerprint density at radius 3 is 2.09 bits per heavy atom. The summed E-state index contributed by atoms with van der Waals surface area (Å²) in [7, 11) is -4.53. The Labute approximate surface area is 280 Å². The summed E-state index contributed by atoms with van der Waals surface area (Å²) in [5.41, 5.74) is 9.10. The molecule has 6 rings (SSSR count). The molecular formula is C32H26N5NaO6S. The normalized spacial score (nSPS) is 12.9. The van der Waals surface area contributed by atoms with Crippen LogP contribution in [0.4, 0.5) is 17.1 Å². The first-order chi connectivity index (χ1) is 21.2. The van der Waals surface area contributed by atoms with Gasteiger partial charge < -0.3 is 10.5 Å². The molecule has 0 saturated heterocycles. The van der Waals surface area contributed by atoms with Crippen LogP contribution in [-0.2, 0) is 10.1 Å². The van der Waals surface area contributed by atoms with Gasteiger partial charge in [0.15, 0.2) is 0 Å². The molecule has 2 amide bonds. The van der Waals surface area contributed by atoms with E-state index in [-0.39, 0.29) is 76.2 Å². The van der Waals surface area contributed by atoms with Gasteiger partial charge in [0.1, 0.15) is 22.0 Å². The van der Waals surface area contributed by atoms with E-state index in [2.05, 4.69) is 15.2 Å². The van der Waals surface area contributed by atoms with Crippen molar-refractivity contribution in [3.8, 4) is 17.0 Å². The molecule has 0 bridgehead atoms. The number of carbonyl (C=O) groups excluding carboxylic acids is 2. The number of para-hydroxylation sites is 1. The molecule has 45 heavy (non-hydrogen) atoms. The molecular weight excluding hydrogens is 605 g/mol. The van der Waals surface area contributed by atoms with E-state index >= 15 is 0 Å². The van der Waals surface area contributed by atoms with Crippen LogP contribution in [0.25, 0.3) is 22.0 Å². The van der Waals surface area contributed by atoms with Crippen molar-refractivity contribution in [1.82, 2.24) is 9.88 Å². The molecule has 4 aromatic carbocycles. The van der Waals surface area contributed by atoms with Crippen molar-refractivity contribution in [2.75, 3.05) is 18.9 Å². The van der Waals surface area contributed by atoms with Gasteiger partial charge in [-0.05, 0) is 48.9 Å². The predicted octanol–water partition coefficient (Wildman–Crippen LogP) is 5.56. The van der Waals surface area contributed by atoms with Gasteiger partial charge in [-0.3, -0.25) is 24.0 Å². The number of ether oxygens (including phenoxy) is 1. The molecule has 0 unspecified atom stereocenters. The van der Waals surface area contributed by atoms with Crippen molar-refractivity contribution in [3.05, 3.63) is 108 Å². The van der Waals surface area contributed by atoms with Gasteiger partial charge in [-0.1, -0.05) is 48.5 Å². The third kappa shape index (κ3) is 6.51. The summed E-state index contributed by atoms with van der Waals surface area (Å²) in [5, 5.41) is 9.00. The third-order valence-corrected chi connectivity index (χ3v) is 8.04. The maximum absolute atomic E-state index is 12.6. The van der Waals surface area contributed by atoms with E-state index in [9.17, 15) is 22.6 Å². The van der Waals surface area contributed by atoms with Crippen LogP contribution in [0.1, 0.15) is 27.1 Å². The molecule has 222 valence electrons. The zero-order chi connectivity index (χ0) is 30.8. The van der Waals surface area contributed by atoms with Crippen molar-refractivity contribution < 1.29 is 27.3 Å². The SMILES string of the molecule is Nc1c(/N=N/c2ccc(-c3ccccc3OCCCN3C(=O)c4ccccc4C3=O)nc2)cc(S(=O)(=O)O)c2ccccc12.[NaH]. The molecule has 0 fully saturated rings. The number of imide groups is 1. The summed E-state index contributed by atoms with van der Waals surface area (Å²) in [6.45, 7) is 0.509. The Kier molecular flexibility index (Phi) is 9.42. The number of benzene rings is 4. The Morgan fingerprint density at radius 2 is 1.44 bits per heavy atom. The van der Waals surface area contributed by atoms with Crippen molar-refractivity contribution >= 4 is 79.3 Å². The minimum atomic E-state index is -4.53. The number of amides is 2.